The number of phenols is 1. The molecule has 3 aromatic rings. The second-order valence-electron chi connectivity index (χ2n) is 5.59. The van der Waals surface area contributed by atoms with Crippen LogP contribution in [0.2, 0.25) is 0 Å². The van der Waals surface area contributed by atoms with Crippen LogP contribution in [0.25, 0.3) is 10.4 Å². The van der Waals surface area contributed by atoms with Crippen molar-refractivity contribution in [1.82, 2.24) is 4.98 Å². The maximum Gasteiger partial charge on any atom is 0.209 e. The zero-order valence-electron chi connectivity index (χ0n) is 13.2. The molecular formula is C19H16N2O2S. The zero-order valence-corrected chi connectivity index (χ0v) is 14.0. The molecule has 0 fully saturated rings. The van der Waals surface area contributed by atoms with Gasteiger partial charge < -0.3 is 9.84 Å². The van der Waals surface area contributed by atoms with Gasteiger partial charge >= 0.3 is 0 Å². The van der Waals surface area contributed by atoms with Gasteiger partial charge in [-0.3, -0.25) is 0 Å². The van der Waals surface area contributed by atoms with Crippen LogP contribution in [0.5, 0.6) is 11.5 Å². The summed E-state index contributed by atoms with van der Waals surface area (Å²) in [7, 11) is 1.53. The monoisotopic (exact) mass is 336 g/mol. The van der Waals surface area contributed by atoms with Gasteiger partial charge in [-0.15, -0.1) is 0 Å². The van der Waals surface area contributed by atoms with Crippen molar-refractivity contribution >= 4 is 22.7 Å². The first-order valence-electron chi connectivity index (χ1n) is 7.74. The second-order valence-corrected chi connectivity index (χ2v) is 6.56. The predicted molar refractivity (Wildman–Crippen MR) is 96.9 cm³/mol. The van der Waals surface area contributed by atoms with E-state index in [0.29, 0.717) is 16.4 Å². The van der Waals surface area contributed by atoms with Gasteiger partial charge in [0.1, 0.15) is 0 Å². The summed E-state index contributed by atoms with van der Waals surface area (Å²) in [6, 6.07) is 13.8. The van der Waals surface area contributed by atoms with Crippen LogP contribution < -0.4 is 4.74 Å². The van der Waals surface area contributed by atoms with E-state index in [1.807, 2.05) is 6.07 Å². The van der Waals surface area contributed by atoms with Crippen molar-refractivity contribution in [2.24, 2.45) is 4.99 Å². The molecule has 1 aliphatic carbocycles. The normalized spacial score (nSPS) is 12.9. The number of ether oxygens (including phenoxy) is 1. The zero-order chi connectivity index (χ0) is 16.5. The lowest BCUT2D eigenvalue weighted by atomic mass is 9.94. The quantitative estimate of drug-likeness (QED) is 0.723. The predicted octanol–water partition coefficient (Wildman–Crippen LogP) is 4.37. The van der Waals surface area contributed by atoms with Crippen LogP contribution in [0.15, 0.2) is 47.5 Å². The molecule has 0 saturated heterocycles. The Balaban J connectivity index is 1.67. The number of para-hydroxylation sites is 1. The fourth-order valence-corrected chi connectivity index (χ4v) is 3.94. The number of aryl methyl sites for hydroxylation is 2. The van der Waals surface area contributed by atoms with Crippen molar-refractivity contribution < 1.29 is 9.84 Å². The summed E-state index contributed by atoms with van der Waals surface area (Å²) in [4.78, 5) is 10.3. The standard InChI is InChI=1S/C19H16N2O2S/c1-23-16-8-4-6-13(17(16)22)11-20-19-21-15-10-9-12-5-2-3-7-14(12)18(15)24-19/h2-8,11,22H,9-10H2,1H3. The molecule has 24 heavy (non-hydrogen) atoms. The molecule has 1 aromatic heterocycles. The number of benzene rings is 2. The van der Waals surface area contributed by atoms with Gasteiger partial charge in [0.05, 0.1) is 17.7 Å². The minimum absolute atomic E-state index is 0.0930. The maximum absolute atomic E-state index is 10.1. The van der Waals surface area contributed by atoms with E-state index >= 15 is 0 Å². The van der Waals surface area contributed by atoms with Gasteiger partial charge in [0.25, 0.3) is 0 Å². The highest BCUT2D eigenvalue weighted by Crippen LogP contribution is 2.40. The fourth-order valence-electron chi connectivity index (χ4n) is 2.92. The third-order valence-electron chi connectivity index (χ3n) is 4.14. The van der Waals surface area contributed by atoms with Crippen LogP contribution in [-0.4, -0.2) is 23.4 Å². The summed E-state index contributed by atoms with van der Waals surface area (Å²) in [5.74, 6) is 0.529. The molecule has 1 N–H and O–H groups in total. The van der Waals surface area contributed by atoms with Crippen molar-refractivity contribution in [2.75, 3.05) is 7.11 Å². The molecule has 0 aliphatic heterocycles. The van der Waals surface area contributed by atoms with Crippen molar-refractivity contribution in [1.29, 1.82) is 0 Å². The van der Waals surface area contributed by atoms with Crippen LogP contribution in [0, 0.1) is 0 Å². The maximum atomic E-state index is 10.1. The van der Waals surface area contributed by atoms with Crippen LogP contribution in [0.3, 0.4) is 0 Å². The summed E-state index contributed by atoms with van der Waals surface area (Å²) < 4.78 is 5.12. The lowest BCUT2D eigenvalue weighted by molar-refractivity contribution is 0.373. The largest absolute Gasteiger partial charge is 0.504 e. The Morgan fingerprint density at radius 1 is 1.17 bits per heavy atom. The Hall–Kier alpha value is -2.66. The molecule has 0 saturated carbocycles. The Kier molecular flexibility index (Phi) is 3.78. The Bertz CT molecular complexity index is 931. The van der Waals surface area contributed by atoms with Crippen molar-refractivity contribution in [2.45, 2.75) is 12.8 Å². The molecule has 1 heterocycles. The van der Waals surface area contributed by atoms with Crippen molar-refractivity contribution in [3.05, 3.63) is 59.3 Å². The first-order chi connectivity index (χ1) is 11.8. The number of hydrogen-bond acceptors (Lipinski definition) is 5. The number of fused-ring (bicyclic) bond motifs is 3. The third-order valence-corrected chi connectivity index (χ3v) is 5.18. The number of phenolic OH excluding ortho intramolecular Hbond substituents is 1. The van der Waals surface area contributed by atoms with Gasteiger partial charge in [-0.05, 0) is 36.1 Å². The van der Waals surface area contributed by atoms with Crippen molar-refractivity contribution in [3.63, 3.8) is 0 Å². The number of aromatic nitrogens is 1. The average Bonchev–Trinajstić information content (AvgIpc) is 3.04. The molecule has 2 aromatic carbocycles. The minimum atomic E-state index is 0.0930. The number of thiazole rings is 1. The van der Waals surface area contributed by atoms with E-state index in [-0.39, 0.29) is 5.75 Å². The van der Waals surface area contributed by atoms with E-state index in [9.17, 15) is 5.11 Å². The molecule has 5 heteroatoms. The summed E-state index contributed by atoms with van der Waals surface area (Å²) >= 11 is 1.59. The highest BCUT2D eigenvalue weighted by Gasteiger charge is 2.20. The fraction of sp³-hybridized carbons (Fsp3) is 0.158. The van der Waals surface area contributed by atoms with Crippen LogP contribution in [-0.2, 0) is 12.8 Å². The van der Waals surface area contributed by atoms with Gasteiger partial charge in [-0.2, -0.15) is 0 Å². The minimum Gasteiger partial charge on any atom is -0.504 e. The summed E-state index contributed by atoms with van der Waals surface area (Å²) in [5.41, 5.74) is 4.36. The average molecular weight is 336 g/mol. The van der Waals surface area contributed by atoms with E-state index in [1.54, 1.807) is 29.7 Å². The van der Waals surface area contributed by atoms with Gasteiger partial charge in [-0.25, -0.2) is 9.98 Å². The van der Waals surface area contributed by atoms with Gasteiger partial charge in [0, 0.05) is 11.8 Å². The number of hydrogen-bond donors (Lipinski definition) is 1. The molecule has 120 valence electrons. The van der Waals surface area contributed by atoms with Crippen molar-refractivity contribution in [3.8, 4) is 21.9 Å². The second kappa shape index (κ2) is 6.09. The molecule has 4 rings (SSSR count). The number of nitrogens with zero attached hydrogens (tertiary/aromatic N) is 2. The van der Waals surface area contributed by atoms with E-state index in [2.05, 4.69) is 34.2 Å². The van der Waals surface area contributed by atoms with Crippen LogP contribution >= 0.6 is 11.3 Å². The Labute approximate surface area is 144 Å². The highest BCUT2D eigenvalue weighted by atomic mass is 32.1. The van der Waals surface area contributed by atoms with E-state index in [4.69, 9.17) is 4.74 Å². The third kappa shape index (κ3) is 2.57. The van der Waals surface area contributed by atoms with E-state index in [0.717, 1.165) is 18.5 Å². The summed E-state index contributed by atoms with van der Waals surface area (Å²) in [5, 5.41) is 10.8. The van der Waals surface area contributed by atoms with E-state index in [1.165, 1.54) is 23.1 Å². The van der Waals surface area contributed by atoms with Gasteiger partial charge in [0.15, 0.2) is 11.5 Å². The topological polar surface area (TPSA) is 54.7 Å². The first-order valence-corrected chi connectivity index (χ1v) is 8.56. The SMILES string of the molecule is COc1cccc(C=Nc2nc3c(s2)-c2ccccc2CC3)c1O. The molecule has 0 amide bonds. The number of methoxy groups -OCH3 is 1. The lowest BCUT2D eigenvalue weighted by Gasteiger charge is -2.13. The number of aromatic hydroxyl groups is 1. The summed E-state index contributed by atoms with van der Waals surface area (Å²) in [6.45, 7) is 0. The first kappa shape index (κ1) is 14.9. The Morgan fingerprint density at radius 3 is 2.92 bits per heavy atom. The molecule has 0 bridgehead atoms. The van der Waals surface area contributed by atoms with Gasteiger partial charge in [-0.1, -0.05) is 41.7 Å². The summed E-state index contributed by atoms with van der Waals surface area (Å²) in [6.07, 6.45) is 3.60. The smallest absolute Gasteiger partial charge is 0.209 e. The number of rotatable bonds is 3. The number of aliphatic imine (C=N–C) groups is 1. The van der Waals surface area contributed by atoms with Crippen LogP contribution in [0.1, 0.15) is 16.8 Å². The molecule has 0 unspecified atom stereocenters. The molecule has 0 atom stereocenters. The molecule has 0 radical (unpaired) electrons. The Morgan fingerprint density at radius 2 is 2.04 bits per heavy atom. The van der Waals surface area contributed by atoms with Gasteiger partial charge in [0.2, 0.25) is 5.13 Å². The highest BCUT2D eigenvalue weighted by molar-refractivity contribution is 7.18. The molecular weight excluding hydrogens is 320 g/mol. The molecule has 0 spiro atoms. The molecule has 4 nitrogen and oxygen atoms in total. The van der Waals surface area contributed by atoms with Crippen LogP contribution in [0.4, 0.5) is 5.13 Å². The molecule has 1 aliphatic rings. The van der Waals surface area contributed by atoms with E-state index < -0.39 is 0 Å². The lowest BCUT2D eigenvalue weighted by Crippen LogP contribution is -2.01.